The molecule has 0 rings (SSSR count). The highest BCUT2D eigenvalue weighted by Gasteiger charge is 2.19. The highest BCUT2D eigenvalue weighted by Crippen LogP contribution is 2.15. The van der Waals surface area contributed by atoms with Gasteiger partial charge >= 0.3 is 17.9 Å². The number of hydrogen-bond donors (Lipinski definition) is 0. The molecule has 0 aliphatic carbocycles. The van der Waals surface area contributed by atoms with Gasteiger partial charge in [-0.05, 0) is 109 Å². The molecule has 0 aliphatic heterocycles. The highest BCUT2D eigenvalue weighted by molar-refractivity contribution is 5.71. The lowest BCUT2D eigenvalue weighted by Gasteiger charge is -2.18. The van der Waals surface area contributed by atoms with E-state index in [2.05, 4.69) is 118 Å². The van der Waals surface area contributed by atoms with Gasteiger partial charge < -0.3 is 14.2 Å². The van der Waals surface area contributed by atoms with Crippen molar-refractivity contribution >= 4 is 17.9 Å². The first kappa shape index (κ1) is 67.1. The third-order valence-electron chi connectivity index (χ3n) is 12.3. The van der Waals surface area contributed by atoms with Gasteiger partial charge in [-0.1, -0.05) is 246 Å². The topological polar surface area (TPSA) is 78.9 Å². The summed E-state index contributed by atoms with van der Waals surface area (Å²) in [5.41, 5.74) is 0. The SMILES string of the molecule is CC/C=C\C/C=C\C/C=C\C/C=C\CCCCCCC(=O)OC(COC(=O)CC/C=C\C/C=C\C/C=C\C/C=C\CC)COC(=O)CCCCCCCCCCCCC/C=C\CCCCCCCCCC. The van der Waals surface area contributed by atoms with Crippen LogP contribution in [0.1, 0.15) is 265 Å². The van der Waals surface area contributed by atoms with Gasteiger partial charge in [0.05, 0.1) is 0 Å². The molecule has 404 valence electrons. The number of carbonyl (C=O) groups excluding carboxylic acids is 3. The monoisotopic (exact) mass is 985 g/mol. The molecule has 0 aliphatic rings. The molecule has 0 saturated heterocycles. The lowest BCUT2D eigenvalue weighted by Crippen LogP contribution is -2.30. The van der Waals surface area contributed by atoms with Gasteiger partial charge in [0, 0.05) is 19.3 Å². The maximum Gasteiger partial charge on any atom is 0.306 e. The van der Waals surface area contributed by atoms with E-state index in [1.54, 1.807) is 0 Å². The lowest BCUT2D eigenvalue weighted by atomic mass is 10.0. The average molecular weight is 986 g/mol. The van der Waals surface area contributed by atoms with Gasteiger partial charge in [-0.3, -0.25) is 14.4 Å². The van der Waals surface area contributed by atoms with Gasteiger partial charge in [0.25, 0.3) is 0 Å². The van der Waals surface area contributed by atoms with Crippen LogP contribution in [0.2, 0.25) is 0 Å². The minimum absolute atomic E-state index is 0.111. The summed E-state index contributed by atoms with van der Waals surface area (Å²) < 4.78 is 16.8. The molecule has 0 aromatic carbocycles. The third kappa shape index (κ3) is 56.9. The lowest BCUT2D eigenvalue weighted by molar-refractivity contribution is -0.166. The van der Waals surface area contributed by atoms with E-state index >= 15 is 0 Å². The number of carbonyl (C=O) groups is 3. The van der Waals surface area contributed by atoms with E-state index in [-0.39, 0.29) is 44.0 Å². The first-order valence-corrected chi connectivity index (χ1v) is 29.4. The highest BCUT2D eigenvalue weighted by atomic mass is 16.6. The molecule has 0 N–H and O–H groups in total. The number of allylic oxidation sites excluding steroid dienone is 18. The van der Waals surface area contributed by atoms with Gasteiger partial charge in [0.2, 0.25) is 0 Å². The summed E-state index contributed by atoms with van der Waals surface area (Å²) >= 11 is 0. The molecule has 0 saturated carbocycles. The minimum Gasteiger partial charge on any atom is -0.462 e. The Hall–Kier alpha value is -3.93. The van der Waals surface area contributed by atoms with Crippen LogP contribution in [0.3, 0.4) is 0 Å². The number of ether oxygens (including phenoxy) is 3. The molecular weight excluding hydrogens is 877 g/mol. The molecule has 6 nitrogen and oxygen atoms in total. The molecule has 1 unspecified atom stereocenters. The molecule has 0 amide bonds. The van der Waals surface area contributed by atoms with E-state index in [0.29, 0.717) is 12.8 Å². The van der Waals surface area contributed by atoms with Gasteiger partial charge in [0.1, 0.15) is 13.2 Å². The van der Waals surface area contributed by atoms with Crippen molar-refractivity contribution in [1.29, 1.82) is 0 Å². The van der Waals surface area contributed by atoms with Crippen molar-refractivity contribution in [2.75, 3.05) is 13.2 Å². The van der Waals surface area contributed by atoms with E-state index in [1.165, 1.54) is 116 Å². The summed E-state index contributed by atoms with van der Waals surface area (Å²) in [4.78, 5) is 38.1. The molecular formula is C65H108O6. The second-order valence-electron chi connectivity index (χ2n) is 19.1. The van der Waals surface area contributed by atoms with Gasteiger partial charge in [-0.2, -0.15) is 0 Å². The van der Waals surface area contributed by atoms with E-state index < -0.39 is 6.10 Å². The largest absolute Gasteiger partial charge is 0.462 e. The second-order valence-corrected chi connectivity index (χ2v) is 19.1. The van der Waals surface area contributed by atoms with E-state index in [4.69, 9.17) is 14.2 Å². The fraction of sp³-hybridized carbons (Fsp3) is 0.677. The van der Waals surface area contributed by atoms with E-state index in [9.17, 15) is 14.4 Å². The van der Waals surface area contributed by atoms with Crippen LogP contribution in [0.25, 0.3) is 0 Å². The zero-order chi connectivity index (χ0) is 51.4. The zero-order valence-electron chi connectivity index (χ0n) is 46.2. The fourth-order valence-corrected chi connectivity index (χ4v) is 7.91. The van der Waals surface area contributed by atoms with Gasteiger partial charge in [-0.15, -0.1) is 0 Å². The summed E-state index contributed by atoms with van der Waals surface area (Å²) in [6.45, 7) is 6.33. The quantitative estimate of drug-likeness (QED) is 0.0261. The molecule has 0 radical (unpaired) electrons. The zero-order valence-corrected chi connectivity index (χ0v) is 46.2. The minimum atomic E-state index is -0.822. The predicted octanol–water partition coefficient (Wildman–Crippen LogP) is 19.9. The Morgan fingerprint density at radius 2 is 0.577 bits per heavy atom. The Balaban J connectivity index is 4.41. The molecule has 0 aromatic heterocycles. The van der Waals surface area contributed by atoms with Crippen molar-refractivity contribution in [3.8, 4) is 0 Å². The number of unbranched alkanes of at least 4 members (excludes halogenated alkanes) is 23. The molecule has 6 heteroatoms. The smallest absolute Gasteiger partial charge is 0.306 e. The third-order valence-corrected chi connectivity index (χ3v) is 12.3. The maximum absolute atomic E-state index is 12.8. The Labute approximate surface area is 438 Å². The molecule has 0 spiro atoms. The first-order chi connectivity index (χ1) is 35.0. The van der Waals surface area contributed by atoms with Gasteiger partial charge in [-0.25, -0.2) is 0 Å². The van der Waals surface area contributed by atoms with Crippen LogP contribution in [0.5, 0.6) is 0 Å². The van der Waals surface area contributed by atoms with Crippen molar-refractivity contribution in [2.24, 2.45) is 0 Å². The molecule has 0 heterocycles. The average Bonchev–Trinajstić information content (AvgIpc) is 3.37. The Morgan fingerprint density at radius 3 is 0.958 bits per heavy atom. The van der Waals surface area contributed by atoms with Crippen molar-refractivity contribution in [3.05, 3.63) is 109 Å². The summed E-state index contributed by atoms with van der Waals surface area (Å²) in [5, 5.41) is 0. The summed E-state index contributed by atoms with van der Waals surface area (Å²) in [6.07, 6.45) is 79.6. The van der Waals surface area contributed by atoms with Crippen molar-refractivity contribution in [2.45, 2.75) is 271 Å². The van der Waals surface area contributed by atoms with Crippen molar-refractivity contribution in [3.63, 3.8) is 0 Å². The molecule has 0 bridgehead atoms. The second kappa shape index (κ2) is 58.6. The standard InChI is InChI=1S/C65H108O6/c1-4-7-10-13-16-19-22-25-27-29-30-31-32-33-34-36-37-40-43-46-49-52-55-58-64(67)70-61-62(60-69-63(66)57-54-51-48-45-42-39-24-21-18-15-12-9-6-3)71-65(68)59-56-53-50-47-44-41-38-35-28-26-23-20-17-14-11-8-5-2/h8-9,11-12,17-18,20-21,26,28-30,38-39,41-42,48,51,62H,4-7,10,13-16,19,22-25,27,31-37,40,43-47,49-50,52-61H2,1-3H3/b11-8-,12-9-,20-17-,21-18-,28-26-,30-29-,41-38-,42-39-,51-48-. The summed E-state index contributed by atoms with van der Waals surface area (Å²) in [6, 6.07) is 0. The number of rotatable bonds is 52. The number of hydrogen-bond acceptors (Lipinski definition) is 6. The summed E-state index contributed by atoms with van der Waals surface area (Å²) in [7, 11) is 0. The van der Waals surface area contributed by atoms with Crippen molar-refractivity contribution < 1.29 is 28.6 Å². The predicted molar refractivity (Wildman–Crippen MR) is 307 cm³/mol. The van der Waals surface area contributed by atoms with Crippen LogP contribution in [-0.4, -0.2) is 37.2 Å². The maximum atomic E-state index is 12.8. The van der Waals surface area contributed by atoms with Crippen LogP contribution in [0.4, 0.5) is 0 Å². The molecule has 0 aromatic rings. The fourth-order valence-electron chi connectivity index (χ4n) is 7.91. The van der Waals surface area contributed by atoms with Crippen LogP contribution < -0.4 is 0 Å². The van der Waals surface area contributed by atoms with Gasteiger partial charge in [0.15, 0.2) is 6.10 Å². The Morgan fingerprint density at radius 1 is 0.296 bits per heavy atom. The Bertz CT molecular complexity index is 1460. The molecule has 71 heavy (non-hydrogen) atoms. The molecule has 1 atom stereocenters. The van der Waals surface area contributed by atoms with E-state index in [0.717, 1.165) is 103 Å². The first-order valence-electron chi connectivity index (χ1n) is 29.4. The van der Waals surface area contributed by atoms with Crippen LogP contribution >= 0.6 is 0 Å². The van der Waals surface area contributed by atoms with E-state index in [1.807, 2.05) is 12.2 Å². The molecule has 0 fully saturated rings. The summed E-state index contributed by atoms with van der Waals surface area (Å²) in [5.74, 6) is -1.02. The van der Waals surface area contributed by atoms with Crippen molar-refractivity contribution in [1.82, 2.24) is 0 Å². The van der Waals surface area contributed by atoms with Crippen LogP contribution in [0, 0.1) is 0 Å². The normalized spacial score (nSPS) is 12.9. The number of esters is 3. The Kier molecular flexibility index (Phi) is 55.4. The van der Waals surface area contributed by atoms with Crippen LogP contribution in [0.15, 0.2) is 109 Å². The van der Waals surface area contributed by atoms with Crippen LogP contribution in [-0.2, 0) is 28.6 Å².